The molecule has 0 amide bonds. The Balaban J connectivity index is 2.90. The minimum Gasteiger partial charge on any atom is -0.395 e. The zero-order valence-corrected chi connectivity index (χ0v) is 12.4. The predicted molar refractivity (Wildman–Crippen MR) is 79.4 cm³/mol. The molecule has 1 heterocycles. The first-order valence-electron chi connectivity index (χ1n) is 5.82. The molecular weight excluding hydrogens is 266 g/mol. The molecule has 0 aliphatic carbocycles. The number of nitrogens with two attached hydrogens (primary N) is 1. The maximum absolute atomic E-state index is 9.26. The van der Waals surface area contributed by atoms with Crippen LogP contribution in [0.1, 0.15) is 6.92 Å². The standard InChI is InChI=1S/C10H21N7OS/c1-6(7(5-18)19-4)12-8-13-9(16-11)15-10(14-8)17(2)3/h6-7,18H,5,11H2,1-4H3,(H2,12,13,14,15,16). The van der Waals surface area contributed by atoms with Gasteiger partial charge in [-0.25, -0.2) is 5.84 Å². The van der Waals surface area contributed by atoms with Gasteiger partial charge in [-0.05, 0) is 13.2 Å². The van der Waals surface area contributed by atoms with Crippen LogP contribution in [0.5, 0.6) is 0 Å². The SMILES string of the molecule is CSC(CO)C(C)Nc1nc(NN)nc(N(C)C)n1. The molecule has 0 aliphatic rings. The highest BCUT2D eigenvalue weighted by Gasteiger charge is 2.17. The number of aromatic nitrogens is 3. The minimum atomic E-state index is 0.0167. The van der Waals surface area contributed by atoms with Crippen LogP contribution in [-0.4, -0.2) is 58.3 Å². The van der Waals surface area contributed by atoms with E-state index >= 15 is 0 Å². The number of hydrazine groups is 1. The lowest BCUT2D eigenvalue weighted by molar-refractivity contribution is 0.288. The van der Waals surface area contributed by atoms with E-state index in [0.29, 0.717) is 11.9 Å². The van der Waals surface area contributed by atoms with Gasteiger partial charge in [-0.3, -0.25) is 5.43 Å². The van der Waals surface area contributed by atoms with Crippen LogP contribution in [0, 0.1) is 0 Å². The van der Waals surface area contributed by atoms with Gasteiger partial charge in [0.15, 0.2) is 0 Å². The average Bonchev–Trinajstić information content (AvgIpc) is 2.39. The van der Waals surface area contributed by atoms with Crippen LogP contribution < -0.4 is 21.5 Å². The summed E-state index contributed by atoms with van der Waals surface area (Å²) in [7, 11) is 3.67. The smallest absolute Gasteiger partial charge is 0.243 e. The average molecular weight is 287 g/mol. The van der Waals surface area contributed by atoms with E-state index in [0.717, 1.165) is 0 Å². The molecule has 108 valence electrons. The van der Waals surface area contributed by atoms with Crippen LogP contribution in [0.15, 0.2) is 0 Å². The van der Waals surface area contributed by atoms with Crippen LogP contribution in [0.25, 0.3) is 0 Å². The highest BCUT2D eigenvalue weighted by atomic mass is 32.2. The van der Waals surface area contributed by atoms with Crippen molar-refractivity contribution in [3.63, 3.8) is 0 Å². The van der Waals surface area contributed by atoms with E-state index in [2.05, 4.69) is 25.7 Å². The topological polar surface area (TPSA) is 112 Å². The Hall–Kier alpha value is -1.32. The van der Waals surface area contributed by atoms with E-state index in [1.165, 1.54) is 0 Å². The third kappa shape index (κ3) is 4.37. The molecule has 0 saturated heterocycles. The Labute approximate surface area is 117 Å². The lowest BCUT2D eigenvalue weighted by Gasteiger charge is -2.22. The summed E-state index contributed by atoms with van der Waals surface area (Å²) in [5.74, 6) is 6.55. The molecule has 5 N–H and O–H groups in total. The molecule has 19 heavy (non-hydrogen) atoms. The van der Waals surface area contributed by atoms with Crippen LogP contribution in [0.2, 0.25) is 0 Å². The molecule has 0 spiro atoms. The summed E-state index contributed by atoms with van der Waals surface area (Å²) in [5, 5.41) is 12.5. The van der Waals surface area contributed by atoms with Gasteiger partial charge >= 0.3 is 0 Å². The van der Waals surface area contributed by atoms with Crippen molar-refractivity contribution in [3.05, 3.63) is 0 Å². The van der Waals surface area contributed by atoms with Crippen LogP contribution >= 0.6 is 11.8 Å². The number of nitrogen functional groups attached to an aromatic ring is 1. The first-order valence-corrected chi connectivity index (χ1v) is 7.10. The molecule has 1 rings (SSSR count). The Morgan fingerprint density at radius 2 is 1.95 bits per heavy atom. The maximum atomic E-state index is 9.26. The fourth-order valence-electron chi connectivity index (χ4n) is 1.43. The van der Waals surface area contributed by atoms with E-state index < -0.39 is 0 Å². The fourth-order valence-corrected chi connectivity index (χ4v) is 2.05. The number of nitrogens with one attached hydrogen (secondary N) is 2. The zero-order chi connectivity index (χ0) is 14.4. The number of hydrogen-bond acceptors (Lipinski definition) is 9. The molecule has 0 fully saturated rings. The van der Waals surface area contributed by atoms with E-state index in [9.17, 15) is 5.11 Å². The van der Waals surface area contributed by atoms with Crippen molar-refractivity contribution in [2.24, 2.45) is 5.84 Å². The van der Waals surface area contributed by atoms with E-state index in [-0.39, 0.29) is 23.8 Å². The second-order valence-electron chi connectivity index (χ2n) is 4.21. The van der Waals surface area contributed by atoms with Crippen LogP contribution in [0.3, 0.4) is 0 Å². The molecular formula is C10H21N7OS. The lowest BCUT2D eigenvalue weighted by Crippen LogP contribution is -2.32. The van der Waals surface area contributed by atoms with Crippen molar-refractivity contribution in [3.8, 4) is 0 Å². The Kier molecular flexibility index (Phi) is 6.06. The molecule has 2 unspecified atom stereocenters. The molecule has 2 atom stereocenters. The summed E-state index contributed by atoms with van der Waals surface area (Å²) in [4.78, 5) is 14.3. The van der Waals surface area contributed by atoms with Gasteiger partial charge in [0.05, 0.1) is 6.61 Å². The van der Waals surface area contributed by atoms with Gasteiger partial charge in [-0.2, -0.15) is 26.7 Å². The van der Waals surface area contributed by atoms with E-state index in [1.54, 1.807) is 16.7 Å². The molecule has 8 nitrogen and oxygen atoms in total. The molecule has 0 saturated carbocycles. The fraction of sp³-hybridized carbons (Fsp3) is 0.700. The van der Waals surface area contributed by atoms with Crippen molar-refractivity contribution < 1.29 is 5.11 Å². The normalized spacial score (nSPS) is 13.8. The van der Waals surface area contributed by atoms with Gasteiger partial charge in [0.1, 0.15) is 0 Å². The molecule has 0 aromatic carbocycles. The van der Waals surface area contributed by atoms with Gasteiger partial charge in [-0.15, -0.1) is 0 Å². The second kappa shape index (κ2) is 7.31. The molecule has 0 radical (unpaired) electrons. The van der Waals surface area contributed by atoms with Gasteiger partial charge in [0.2, 0.25) is 17.8 Å². The molecule has 1 aromatic heterocycles. The second-order valence-corrected chi connectivity index (χ2v) is 5.29. The number of thioether (sulfide) groups is 1. The van der Waals surface area contributed by atoms with Crippen molar-refractivity contribution in [2.45, 2.75) is 18.2 Å². The Bertz CT molecular complexity index is 399. The van der Waals surface area contributed by atoms with Crippen LogP contribution in [-0.2, 0) is 0 Å². The van der Waals surface area contributed by atoms with Crippen molar-refractivity contribution >= 4 is 29.6 Å². The lowest BCUT2D eigenvalue weighted by atomic mass is 10.2. The summed E-state index contributed by atoms with van der Waals surface area (Å²) in [5.41, 5.74) is 2.41. The van der Waals surface area contributed by atoms with Gasteiger partial charge in [0.25, 0.3) is 0 Å². The van der Waals surface area contributed by atoms with Gasteiger partial charge in [-0.1, -0.05) is 0 Å². The predicted octanol–water partition coefficient (Wildman–Crippen LogP) is -0.252. The summed E-state index contributed by atoms with van der Waals surface area (Å²) in [6.45, 7) is 2.05. The molecule has 0 aliphatic heterocycles. The minimum absolute atomic E-state index is 0.0167. The first kappa shape index (κ1) is 15.7. The van der Waals surface area contributed by atoms with E-state index in [1.807, 2.05) is 27.3 Å². The first-order chi connectivity index (χ1) is 9.01. The quantitative estimate of drug-likeness (QED) is 0.398. The van der Waals surface area contributed by atoms with Crippen LogP contribution in [0.4, 0.5) is 17.8 Å². The third-order valence-electron chi connectivity index (χ3n) is 2.55. The van der Waals surface area contributed by atoms with Crippen molar-refractivity contribution in [2.75, 3.05) is 42.6 Å². The number of hydrogen-bond donors (Lipinski definition) is 4. The maximum Gasteiger partial charge on any atom is 0.243 e. The molecule has 0 bridgehead atoms. The zero-order valence-electron chi connectivity index (χ0n) is 11.6. The van der Waals surface area contributed by atoms with Crippen molar-refractivity contribution in [1.82, 2.24) is 15.0 Å². The Morgan fingerprint density at radius 1 is 1.32 bits per heavy atom. The van der Waals surface area contributed by atoms with Crippen molar-refractivity contribution in [1.29, 1.82) is 0 Å². The largest absolute Gasteiger partial charge is 0.395 e. The summed E-state index contributed by atoms with van der Waals surface area (Å²) in [6.07, 6.45) is 1.95. The molecule has 9 heteroatoms. The monoisotopic (exact) mass is 287 g/mol. The number of nitrogens with zero attached hydrogens (tertiary/aromatic N) is 4. The van der Waals surface area contributed by atoms with Gasteiger partial charge < -0.3 is 15.3 Å². The number of rotatable bonds is 7. The summed E-state index contributed by atoms with van der Waals surface area (Å²) in [6, 6.07) is 0.0167. The molecule has 1 aromatic rings. The highest BCUT2D eigenvalue weighted by Crippen LogP contribution is 2.16. The number of anilines is 3. The van der Waals surface area contributed by atoms with E-state index in [4.69, 9.17) is 5.84 Å². The summed E-state index contributed by atoms with van der Waals surface area (Å²) < 4.78 is 0. The summed E-state index contributed by atoms with van der Waals surface area (Å²) >= 11 is 1.58. The Morgan fingerprint density at radius 3 is 2.42 bits per heavy atom. The number of aliphatic hydroxyl groups is 1. The third-order valence-corrected chi connectivity index (χ3v) is 3.71. The highest BCUT2D eigenvalue weighted by molar-refractivity contribution is 7.99. The van der Waals surface area contributed by atoms with Gasteiger partial charge in [0, 0.05) is 25.4 Å². The number of aliphatic hydroxyl groups excluding tert-OH is 1.